The molecule has 0 radical (unpaired) electrons. The van der Waals surface area contributed by atoms with Crippen LogP contribution in [0.25, 0.3) is 0 Å². The predicted octanol–water partition coefficient (Wildman–Crippen LogP) is 4.60. The first kappa shape index (κ1) is 23.8. The first-order valence-electron chi connectivity index (χ1n) is 10.4. The number of hydrazone groups is 1. The van der Waals surface area contributed by atoms with Crippen LogP contribution in [0.3, 0.4) is 0 Å². The molecule has 166 valence electrons. The number of amides is 1. The molecule has 1 N–H and O–H groups in total. The summed E-state index contributed by atoms with van der Waals surface area (Å²) in [4.78, 5) is 12.5. The third-order valence-corrected chi connectivity index (χ3v) is 3.97. The molecule has 2 aromatic rings. The van der Waals surface area contributed by atoms with Gasteiger partial charge in [0.15, 0.2) is 23.0 Å². The van der Waals surface area contributed by atoms with Gasteiger partial charge in [-0.05, 0) is 62.2 Å². The normalized spacial score (nSPS) is 10.5. The van der Waals surface area contributed by atoms with Gasteiger partial charge in [-0.2, -0.15) is 5.10 Å². The van der Waals surface area contributed by atoms with Gasteiger partial charge in [-0.1, -0.05) is 19.6 Å². The number of nitrogens with zero attached hydrogens (tertiary/aromatic N) is 1. The molecule has 31 heavy (non-hydrogen) atoms. The smallest absolute Gasteiger partial charge is 0.271 e. The zero-order valence-electron chi connectivity index (χ0n) is 18.3. The molecule has 7 heteroatoms. The van der Waals surface area contributed by atoms with E-state index >= 15 is 0 Å². The van der Waals surface area contributed by atoms with Gasteiger partial charge in [-0.25, -0.2) is 5.43 Å². The van der Waals surface area contributed by atoms with Crippen molar-refractivity contribution in [3.05, 3.63) is 60.2 Å². The third-order valence-electron chi connectivity index (χ3n) is 3.97. The second-order valence-corrected chi connectivity index (χ2v) is 6.38. The van der Waals surface area contributed by atoms with Crippen molar-refractivity contribution in [3.8, 4) is 23.0 Å². The number of benzene rings is 2. The van der Waals surface area contributed by atoms with Crippen LogP contribution in [0.2, 0.25) is 0 Å². The highest BCUT2D eigenvalue weighted by molar-refractivity contribution is 5.95. The van der Waals surface area contributed by atoms with E-state index in [2.05, 4.69) is 17.1 Å². The van der Waals surface area contributed by atoms with Crippen LogP contribution in [0.5, 0.6) is 23.0 Å². The van der Waals surface area contributed by atoms with Crippen molar-refractivity contribution in [1.29, 1.82) is 0 Å². The summed E-state index contributed by atoms with van der Waals surface area (Å²) in [5.74, 6) is 2.01. The summed E-state index contributed by atoms with van der Waals surface area (Å²) in [5, 5.41) is 4.05. The highest BCUT2D eigenvalue weighted by Crippen LogP contribution is 2.29. The van der Waals surface area contributed by atoms with Crippen LogP contribution in [0.4, 0.5) is 0 Å². The molecule has 0 fully saturated rings. The van der Waals surface area contributed by atoms with Gasteiger partial charge >= 0.3 is 0 Å². The van der Waals surface area contributed by atoms with Crippen LogP contribution in [-0.4, -0.2) is 38.5 Å². The minimum atomic E-state index is -0.361. The maximum atomic E-state index is 12.5. The summed E-state index contributed by atoms with van der Waals surface area (Å²) < 4.78 is 22.5. The lowest BCUT2D eigenvalue weighted by Crippen LogP contribution is -2.17. The quantitative estimate of drug-likeness (QED) is 0.288. The Morgan fingerprint density at radius 2 is 1.61 bits per heavy atom. The molecule has 0 saturated carbocycles. The van der Waals surface area contributed by atoms with Gasteiger partial charge in [0, 0.05) is 5.56 Å². The van der Waals surface area contributed by atoms with Gasteiger partial charge in [-0.3, -0.25) is 4.79 Å². The van der Waals surface area contributed by atoms with Crippen LogP contribution >= 0.6 is 0 Å². The lowest BCUT2D eigenvalue weighted by atomic mass is 10.2. The Morgan fingerprint density at radius 1 is 0.935 bits per heavy atom. The number of carbonyl (C=O) groups excluding carboxylic acids is 1. The van der Waals surface area contributed by atoms with E-state index in [-0.39, 0.29) is 5.91 Å². The minimum absolute atomic E-state index is 0.349. The monoisotopic (exact) mass is 426 g/mol. The van der Waals surface area contributed by atoms with Crippen molar-refractivity contribution < 1.29 is 23.7 Å². The maximum absolute atomic E-state index is 12.5. The van der Waals surface area contributed by atoms with E-state index in [4.69, 9.17) is 18.9 Å². The number of carbonyl (C=O) groups is 1. The molecule has 0 unspecified atom stereocenters. The first-order valence-corrected chi connectivity index (χ1v) is 10.4. The highest BCUT2D eigenvalue weighted by Gasteiger charge is 2.11. The van der Waals surface area contributed by atoms with Gasteiger partial charge in [-0.15, -0.1) is 0 Å². The molecule has 0 saturated heterocycles. The number of nitrogens with one attached hydrogen (secondary N) is 1. The van der Waals surface area contributed by atoms with E-state index in [9.17, 15) is 4.79 Å². The zero-order chi connectivity index (χ0) is 22.5. The van der Waals surface area contributed by atoms with E-state index < -0.39 is 0 Å². The Balaban J connectivity index is 2.08. The standard InChI is InChI=1S/C24H30N2O5/c1-5-13-30-20-11-9-18(15-22(20)28-7-3)17-25-26-24(27)19-10-12-21(31-14-6-2)23(16-19)29-8-4/h6,9-12,15-17H,2,5,7-8,13-14H2,1,3-4H3,(H,26,27)/b25-17+. The van der Waals surface area contributed by atoms with E-state index in [0.29, 0.717) is 55.0 Å². The highest BCUT2D eigenvalue weighted by atomic mass is 16.5. The lowest BCUT2D eigenvalue weighted by molar-refractivity contribution is 0.0954. The van der Waals surface area contributed by atoms with Crippen LogP contribution in [-0.2, 0) is 0 Å². The average molecular weight is 427 g/mol. The summed E-state index contributed by atoms with van der Waals surface area (Å²) in [6, 6.07) is 10.5. The lowest BCUT2D eigenvalue weighted by Gasteiger charge is -2.12. The molecular formula is C24H30N2O5. The molecular weight excluding hydrogens is 396 g/mol. The van der Waals surface area contributed by atoms with Crippen LogP contribution in [0, 0.1) is 0 Å². The van der Waals surface area contributed by atoms with Crippen molar-refractivity contribution >= 4 is 12.1 Å². The largest absolute Gasteiger partial charge is 0.490 e. The Bertz CT molecular complexity index is 896. The van der Waals surface area contributed by atoms with E-state index in [0.717, 1.165) is 12.0 Å². The van der Waals surface area contributed by atoms with Crippen molar-refractivity contribution in [2.45, 2.75) is 27.2 Å². The van der Waals surface area contributed by atoms with Gasteiger partial charge in [0.1, 0.15) is 6.61 Å². The van der Waals surface area contributed by atoms with Crippen molar-refractivity contribution in [2.24, 2.45) is 5.10 Å². The van der Waals surface area contributed by atoms with Crippen LogP contribution < -0.4 is 24.4 Å². The molecule has 0 aliphatic carbocycles. The predicted molar refractivity (Wildman–Crippen MR) is 122 cm³/mol. The fourth-order valence-electron chi connectivity index (χ4n) is 2.62. The zero-order valence-corrected chi connectivity index (χ0v) is 18.3. The topological polar surface area (TPSA) is 78.4 Å². The average Bonchev–Trinajstić information content (AvgIpc) is 2.78. The van der Waals surface area contributed by atoms with E-state index in [1.54, 1.807) is 30.5 Å². The number of ether oxygens (including phenoxy) is 4. The Kier molecular flexibility index (Phi) is 9.94. The Morgan fingerprint density at radius 3 is 2.29 bits per heavy atom. The molecule has 0 aliphatic rings. The summed E-state index contributed by atoms with van der Waals surface area (Å²) in [5.41, 5.74) is 3.71. The first-order chi connectivity index (χ1) is 15.1. The van der Waals surface area contributed by atoms with Gasteiger partial charge in [0.05, 0.1) is 26.0 Å². The fourth-order valence-corrected chi connectivity index (χ4v) is 2.62. The molecule has 7 nitrogen and oxygen atoms in total. The second-order valence-electron chi connectivity index (χ2n) is 6.38. The molecule has 1 amide bonds. The molecule has 0 bridgehead atoms. The van der Waals surface area contributed by atoms with Crippen molar-refractivity contribution in [2.75, 3.05) is 26.4 Å². The minimum Gasteiger partial charge on any atom is -0.490 e. The summed E-state index contributed by atoms with van der Waals surface area (Å²) in [6.07, 6.45) is 4.10. The maximum Gasteiger partial charge on any atom is 0.271 e. The molecule has 2 aromatic carbocycles. The summed E-state index contributed by atoms with van der Waals surface area (Å²) in [6.45, 7) is 11.4. The van der Waals surface area contributed by atoms with Crippen molar-refractivity contribution in [3.63, 3.8) is 0 Å². The molecule has 0 aliphatic heterocycles. The number of rotatable bonds is 13. The second kappa shape index (κ2) is 13.0. The van der Waals surface area contributed by atoms with Crippen LogP contribution in [0.15, 0.2) is 54.2 Å². The van der Waals surface area contributed by atoms with Crippen molar-refractivity contribution in [1.82, 2.24) is 5.43 Å². The Labute approximate surface area is 183 Å². The molecule has 0 spiro atoms. The van der Waals surface area contributed by atoms with E-state index in [1.807, 2.05) is 39.0 Å². The van der Waals surface area contributed by atoms with Gasteiger partial charge in [0.25, 0.3) is 5.91 Å². The molecule has 0 heterocycles. The summed E-state index contributed by atoms with van der Waals surface area (Å²) in [7, 11) is 0. The van der Waals surface area contributed by atoms with Crippen LogP contribution in [0.1, 0.15) is 43.1 Å². The van der Waals surface area contributed by atoms with Gasteiger partial charge < -0.3 is 18.9 Å². The molecule has 0 atom stereocenters. The molecule has 2 rings (SSSR count). The van der Waals surface area contributed by atoms with Gasteiger partial charge in [0.2, 0.25) is 0 Å². The van der Waals surface area contributed by atoms with E-state index in [1.165, 1.54) is 0 Å². The fraction of sp³-hybridized carbons (Fsp3) is 0.333. The number of hydrogen-bond donors (Lipinski definition) is 1. The number of hydrogen-bond acceptors (Lipinski definition) is 6. The summed E-state index contributed by atoms with van der Waals surface area (Å²) >= 11 is 0. The SMILES string of the molecule is C=CCOc1ccc(C(=O)N/N=C/c2ccc(OCCC)c(OCC)c2)cc1OCC. The third kappa shape index (κ3) is 7.37. The Hall–Kier alpha value is -3.48. The molecule has 0 aromatic heterocycles.